The van der Waals surface area contributed by atoms with Crippen LogP contribution in [0.25, 0.3) is 11.5 Å². The Morgan fingerprint density at radius 1 is 1.30 bits per heavy atom. The second-order valence-corrected chi connectivity index (χ2v) is 5.50. The van der Waals surface area contributed by atoms with Crippen LogP contribution in [0.15, 0.2) is 34.9 Å². The van der Waals surface area contributed by atoms with Crippen LogP contribution in [-0.4, -0.2) is 38.8 Å². The average Bonchev–Trinajstić information content (AvgIpc) is 2.87. The number of aromatic nitrogens is 2. The molecule has 1 aromatic carbocycles. The van der Waals surface area contributed by atoms with Crippen LogP contribution in [0.2, 0.25) is 0 Å². The second-order valence-electron chi connectivity index (χ2n) is 5.50. The first kappa shape index (κ1) is 13.3. The molecule has 0 bridgehead atoms. The molecule has 106 valence electrons. The van der Waals surface area contributed by atoms with Gasteiger partial charge in [-0.1, -0.05) is 36.7 Å². The van der Waals surface area contributed by atoms with E-state index in [9.17, 15) is 5.11 Å². The van der Waals surface area contributed by atoms with Gasteiger partial charge in [-0.3, -0.25) is 4.90 Å². The fraction of sp³-hybridized carbons (Fsp3) is 0.467. The van der Waals surface area contributed by atoms with Gasteiger partial charge in [-0.15, -0.1) is 0 Å². The molecule has 1 aromatic heterocycles. The number of nitrogens with zero attached hydrogens (tertiary/aromatic N) is 3. The molecular weight excluding hydrogens is 254 g/mol. The smallest absolute Gasteiger partial charge is 0.257 e. The predicted octanol–water partition coefficient (Wildman–Crippen LogP) is 2.08. The van der Waals surface area contributed by atoms with Gasteiger partial charge in [0.15, 0.2) is 5.82 Å². The topological polar surface area (TPSA) is 62.4 Å². The van der Waals surface area contributed by atoms with Crippen molar-refractivity contribution in [1.29, 1.82) is 0 Å². The molecule has 0 atom stereocenters. The van der Waals surface area contributed by atoms with Crippen molar-refractivity contribution in [2.75, 3.05) is 13.1 Å². The van der Waals surface area contributed by atoms with E-state index in [1.165, 1.54) is 0 Å². The molecule has 0 radical (unpaired) electrons. The van der Waals surface area contributed by atoms with Gasteiger partial charge in [0.2, 0.25) is 0 Å². The van der Waals surface area contributed by atoms with Crippen molar-refractivity contribution >= 4 is 0 Å². The highest BCUT2D eigenvalue weighted by Crippen LogP contribution is 2.27. The molecule has 1 fully saturated rings. The summed E-state index contributed by atoms with van der Waals surface area (Å²) < 4.78 is 5.27. The summed E-state index contributed by atoms with van der Waals surface area (Å²) in [6.07, 6.45) is 1.86. The largest absolute Gasteiger partial charge is 0.387 e. The van der Waals surface area contributed by atoms with E-state index in [4.69, 9.17) is 4.52 Å². The monoisotopic (exact) mass is 273 g/mol. The maximum absolute atomic E-state index is 10.1. The maximum Gasteiger partial charge on any atom is 0.257 e. The van der Waals surface area contributed by atoms with Gasteiger partial charge in [-0.05, 0) is 18.6 Å². The summed E-state index contributed by atoms with van der Waals surface area (Å²) in [4.78, 5) is 6.53. The van der Waals surface area contributed by atoms with E-state index in [1.807, 2.05) is 30.3 Å². The number of aliphatic hydroxyl groups is 1. The van der Waals surface area contributed by atoms with Gasteiger partial charge in [-0.2, -0.15) is 4.98 Å². The van der Waals surface area contributed by atoms with E-state index in [1.54, 1.807) is 0 Å². The first-order chi connectivity index (χ1) is 9.68. The van der Waals surface area contributed by atoms with E-state index in [0.717, 1.165) is 18.4 Å². The third-order valence-electron chi connectivity index (χ3n) is 3.61. The second kappa shape index (κ2) is 5.34. The first-order valence-corrected chi connectivity index (χ1v) is 7.01. The third-order valence-corrected chi connectivity index (χ3v) is 3.61. The first-order valence-electron chi connectivity index (χ1n) is 7.01. The van der Waals surface area contributed by atoms with Crippen LogP contribution in [0.1, 0.15) is 25.6 Å². The molecule has 1 N–H and O–H groups in total. The summed E-state index contributed by atoms with van der Waals surface area (Å²) in [5.41, 5.74) is 0.415. The van der Waals surface area contributed by atoms with Gasteiger partial charge >= 0.3 is 0 Å². The summed E-state index contributed by atoms with van der Waals surface area (Å²) in [7, 11) is 0. The summed E-state index contributed by atoms with van der Waals surface area (Å²) >= 11 is 0. The number of hydrogen-bond donors (Lipinski definition) is 1. The summed E-state index contributed by atoms with van der Waals surface area (Å²) in [6, 6.07) is 9.73. The van der Waals surface area contributed by atoms with Crippen LogP contribution >= 0.6 is 0 Å². The lowest BCUT2D eigenvalue weighted by Gasteiger charge is -2.46. The molecule has 2 aromatic rings. The minimum atomic E-state index is -0.513. The lowest BCUT2D eigenvalue weighted by Crippen LogP contribution is -2.61. The van der Waals surface area contributed by atoms with Gasteiger partial charge in [-0.25, -0.2) is 0 Å². The van der Waals surface area contributed by atoms with Crippen molar-refractivity contribution in [1.82, 2.24) is 15.0 Å². The number of β-amino-alcohol motifs (C(OH)–C–C–N with tert-alkyl or cyclic N) is 1. The van der Waals surface area contributed by atoms with E-state index < -0.39 is 5.60 Å². The Labute approximate surface area is 118 Å². The number of hydrogen-bond acceptors (Lipinski definition) is 5. The minimum absolute atomic E-state index is 0.513. The molecule has 1 aliphatic heterocycles. The normalized spacial score (nSPS) is 17.9. The number of likely N-dealkylation sites (tertiary alicyclic amines) is 1. The third kappa shape index (κ3) is 2.73. The molecule has 0 amide bonds. The Balaban J connectivity index is 1.59. The molecule has 0 aliphatic carbocycles. The Hall–Kier alpha value is -1.72. The number of benzene rings is 1. The maximum atomic E-state index is 10.1. The summed E-state index contributed by atoms with van der Waals surface area (Å²) in [5, 5.41) is 14.1. The van der Waals surface area contributed by atoms with Crippen molar-refractivity contribution in [2.45, 2.75) is 31.9 Å². The average molecular weight is 273 g/mol. The van der Waals surface area contributed by atoms with Crippen LogP contribution in [0.5, 0.6) is 0 Å². The van der Waals surface area contributed by atoms with Gasteiger partial charge in [0.25, 0.3) is 5.89 Å². The van der Waals surface area contributed by atoms with Crippen molar-refractivity contribution < 1.29 is 9.63 Å². The van der Waals surface area contributed by atoms with Crippen molar-refractivity contribution in [3.8, 4) is 11.5 Å². The summed E-state index contributed by atoms with van der Waals surface area (Å²) in [5.74, 6) is 1.22. The highest BCUT2D eigenvalue weighted by molar-refractivity contribution is 5.51. The van der Waals surface area contributed by atoms with Gasteiger partial charge < -0.3 is 9.63 Å². The molecule has 20 heavy (non-hydrogen) atoms. The van der Waals surface area contributed by atoms with Crippen LogP contribution in [0.4, 0.5) is 0 Å². The Morgan fingerprint density at radius 2 is 2.05 bits per heavy atom. The quantitative estimate of drug-likeness (QED) is 0.903. The Kier molecular flexibility index (Phi) is 3.54. The van der Waals surface area contributed by atoms with Gasteiger partial charge in [0.1, 0.15) is 0 Å². The molecule has 5 nitrogen and oxygen atoms in total. The fourth-order valence-electron chi connectivity index (χ4n) is 2.74. The zero-order valence-corrected chi connectivity index (χ0v) is 11.6. The van der Waals surface area contributed by atoms with E-state index >= 15 is 0 Å². The van der Waals surface area contributed by atoms with Crippen molar-refractivity contribution in [2.24, 2.45) is 0 Å². The molecule has 5 heteroatoms. The number of rotatable bonds is 5. The standard InChI is InChI=1S/C15H19N3O2/c1-2-8-15(19)10-18(11-15)9-13-16-14(20-17-13)12-6-4-3-5-7-12/h3-7,19H,2,8-11H2,1H3. The molecule has 0 unspecified atom stereocenters. The molecule has 0 saturated carbocycles. The van der Waals surface area contributed by atoms with E-state index in [0.29, 0.717) is 31.3 Å². The van der Waals surface area contributed by atoms with Crippen molar-refractivity contribution in [3.05, 3.63) is 36.2 Å². The van der Waals surface area contributed by atoms with Crippen LogP contribution in [-0.2, 0) is 6.54 Å². The highest BCUT2D eigenvalue weighted by Gasteiger charge is 2.40. The molecule has 0 spiro atoms. The SMILES string of the molecule is CCCC1(O)CN(Cc2noc(-c3ccccc3)n2)C1. The molecule has 1 saturated heterocycles. The van der Waals surface area contributed by atoms with Crippen LogP contribution in [0, 0.1) is 0 Å². The summed E-state index contributed by atoms with van der Waals surface area (Å²) in [6.45, 7) is 4.10. The molecular formula is C15H19N3O2. The lowest BCUT2D eigenvalue weighted by atomic mass is 9.89. The molecule has 3 rings (SSSR count). The zero-order valence-electron chi connectivity index (χ0n) is 11.6. The van der Waals surface area contributed by atoms with Gasteiger partial charge in [0.05, 0.1) is 12.1 Å². The van der Waals surface area contributed by atoms with Gasteiger partial charge in [0, 0.05) is 18.7 Å². The van der Waals surface area contributed by atoms with Crippen molar-refractivity contribution in [3.63, 3.8) is 0 Å². The predicted molar refractivity (Wildman–Crippen MR) is 74.9 cm³/mol. The molecule has 1 aliphatic rings. The Morgan fingerprint density at radius 3 is 2.75 bits per heavy atom. The molecule has 2 heterocycles. The minimum Gasteiger partial charge on any atom is -0.387 e. The zero-order chi connectivity index (χ0) is 14.0. The van der Waals surface area contributed by atoms with Crippen LogP contribution < -0.4 is 0 Å². The van der Waals surface area contributed by atoms with E-state index in [-0.39, 0.29) is 0 Å². The van der Waals surface area contributed by atoms with E-state index in [2.05, 4.69) is 22.0 Å². The highest BCUT2D eigenvalue weighted by atomic mass is 16.5. The Bertz CT molecular complexity index is 562. The lowest BCUT2D eigenvalue weighted by molar-refractivity contribution is -0.107. The van der Waals surface area contributed by atoms with Crippen LogP contribution in [0.3, 0.4) is 0 Å². The fourth-order valence-corrected chi connectivity index (χ4v) is 2.74.